The van der Waals surface area contributed by atoms with Crippen LogP contribution in [0.5, 0.6) is 23.0 Å². The average molecular weight is 530 g/mol. The lowest BCUT2D eigenvalue weighted by molar-refractivity contribution is -0.132. The molecule has 0 aromatic heterocycles. The van der Waals surface area contributed by atoms with Crippen LogP contribution in [-0.4, -0.2) is 37.3 Å². The molecule has 8 heteroatoms. The number of benzene rings is 3. The summed E-state index contributed by atoms with van der Waals surface area (Å²) in [6.45, 7) is 8.62. The minimum atomic E-state index is -0.913. The Morgan fingerprint density at radius 2 is 1.72 bits per heavy atom. The summed E-state index contributed by atoms with van der Waals surface area (Å²) in [4.78, 5) is 28.6. The van der Waals surface area contributed by atoms with Crippen LogP contribution in [0.3, 0.4) is 0 Å². The largest absolute Gasteiger partial charge is 0.507 e. The van der Waals surface area contributed by atoms with Gasteiger partial charge in [0.05, 0.1) is 30.9 Å². The van der Waals surface area contributed by atoms with E-state index in [0.717, 1.165) is 5.56 Å². The second-order valence-corrected chi connectivity index (χ2v) is 10.4. The number of rotatable bonds is 6. The zero-order valence-electron chi connectivity index (χ0n) is 22.6. The number of ketones is 1. The van der Waals surface area contributed by atoms with Crippen molar-refractivity contribution >= 4 is 23.1 Å². The Bertz CT molecular complexity index is 1470. The molecule has 3 aromatic rings. The third kappa shape index (κ3) is 4.67. The van der Waals surface area contributed by atoms with Crippen LogP contribution in [0.1, 0.15) is 50.4 Å². The first-order valence-corrected chi connectivity index (χ1v) is 12.8. The number of nitrogens with zero attached hydrogens (tertiary/aromatic N) is 1. The van der Waals surface area contributed by atoms with Gasteiger partial charge in [-0.3, -0.25) is 14.5 Å². The number of methoxy groups -OCH3 is 1. The third-order valence-corrected chi connectivity index (χ3v) is 6.91. The van der Waals surface area contributed by atoms with Gasteiger partial charge < -0.3 is 24.1 Å². The number of fused-ring (bicyclic) bond motifs is 1. The fourth-order valence-electron chi connectivity index (χ4n) is 4.87. The minimum Gasteiger partial charge on any atom is -0.507 e. The monoisotopic (exact) mass is 529 g/mol. The summed E-state index contributed by atoms with van der Waals surface area (Å²) in [6.07, 6.45) is 0. The predicted octanol–water partition coefficient (Wildman–Crippen LogP) is 5.75. The van der Waals surface area contributed by atoms with E-state index in [1.54, 1.807) is 54.6 Å². The Kier molecular flexibility index (Phi) is 6.72. The molecule has 1 unspecified atom stereocenters. The number of carbonyl (C=O) groups excluding carboxylic acids is 2. The van der Waals surface area contributed by atoms with E-state index in [2.05, 4.69) is 20.8 Å². The van der Waals surface area contributed by atoms with Crippen molar-refractivity contribution in [1.29, 1.82) is 0 Å². The Morgan fingerprint density at radius 3 is 2.38 bits per heavy atom. The van der Waals surface area contributed by atoms with Gasteiger partial charge in [-0.05, 0) is 59.9 Å². The van der Waals surface area contributed by atoms with Crippen LogP contribution in [0.4, 0.5) is 5.69 Å². The lowest BCUT2D eigenvalue weighted by atomic mass is 9.85. The second-order valence-electron chi connectivity index (χ2n) is 10.4. The first kappa shape index (κ1) is 26.2. The molecule has 2 aliphatic rings. The van der Waals surface area contributed by atoms with Crippen molar-refractivity contribution in [2.75, 3.05) is 25.4 Å². The number of Topliss-reactive ketones (excluding diaryl/α,β-unsaturated/α-hetero) is 1. The van der Waals surface area contributed by atoms with Crippen molar-refractivity contribution in [3.8, 4) is 23.0 Å². The van der Waals surface area contributed by atoms with Crippen LogP contribution in [-0.2, 0) is 15.0 Å². The predicted molar refractivity (Wildman–Crippen MR) is 147 cm³/mol. The first-order valence-electron chi connectivity index (χ1n) is 12.8. The number of aliphatic hydroxyl groups is 1. The van der Waals surface area contributed by atoms with Gasteiger partial charge in [-0.15, -0.1) is 0 Å². The van der Waals surface area contributed by atoms with Gasteiger partial charge in [-0.1, -0.05) is 39.0 Å². The van der Waals surface area contributed by atoms with Gasteiger partial charge in [-0.25, -0.2) is 0 Å². The van der Waals surface area contributed by atoms with Gasteiger partial charge in [0, 0.05) is 11.8 Å². The van der Waals surface area contributed by atoms with Crippen molar-refractivity contribution in [2.45, 2.75) is 39.2 Å². The van der Waals surface area contributed by atoms with E-state index >= 15 is 0 Å². The quantitative estimate of drug-likeness (QED) is 0.247. The highest BCUT2D eigenvalue weighted by Crippen LogP contribution is 2.46. The number of hydrogen-bond acceptors (Lipinski definition) is 7. The summed E-state index contributed by atoms with van der Waals surface area (Å²) >= 11 is 0. The molecule has 2 heterocycles. The Labute approximate surface area is 227 Å². The van der Waals surface area contributed by atoms with Crippen LogP contribution in [0, 0.1) is 0 Å². The van der Waals surface area contributed by atoms with E-state index in [1.807, 2.05) is 13.0 Å². The summed E-state index contributed by atoms with van der Waals surface area (Å²) < 4.78 is 22.1. The molecule has 202 valence electrons. The van der Waals surface area contributed by atoms with Crippen molar-refractivity contribution in [3.05, 3.63) is 82.9 Å². The number of hydrogen-bond donors (Lipinski definition) is 1. The van der Waals surface area contributed by atoms with Crippen molar-refractivity contribution < 1.29 is 33.6 Å². The van der Waals surface area contributed by atoms with Crippen molar-refractivity contribution in [2.24, 2.45) is 0 Å². The molecule has 0 radical (unpaired) electrons. The maximum absolute atomic E-state index is 13.6. The minimum absolute atomic E-state index is 0.0359. The molecule has 1 saturated heterocycles. The van der Waals surface area contributed by atoms with Crippen LogP contribution in [0.15, 0.2) is 66.2 Å². The number of aliphatic hydroxyl groups excluding tert-OH is 1. The Balaban J connectivity index is 1.72. The topological polar surface area (TPSA) is 94.5 Å². The van der Waals surface area contributed by atoms with Crippen LogP contribution >= 0.6 is 0 Å². The molecule has 0 saturated carbocycles. The van der Waals surface area contributed by atoms with Gasteiger partial charge in [0.15, 0.2) is 11.5 Å². The van der Waals surface area contributed by atoms with Crippen LogP contribution < -0.4 is 23.8 Å². The molecule has 8 nitrogen and oxygen atoms in total. The highest BCUT2D eigenvalue weighted by Gasteiger charge is 2.47. The van der Waals surface area contributed by atoms with E-state index in [0.29, 0.717) is 46.4 Å². The highest BCUT2D eigenvalue weighted by molar-refractivity contribution is 6.51. The van der Waals surface area contributed by atoms with E-state index in [9.17, 15) is 14.7 Å². The zero-order chi connectivity index (χ0) is 27.9. The summed E-state index contributed by atoms with van der Waals surface area (Å²) in [5, 5.41) is 11.7. The van der Waals surface area contributed by atoms with Gasteiger partial charge in [0.1, 0.15) is 17.3 Å². The van der Waals surface area contributed by atoms with Crippen molar-refractivity contribution in [3.63, 3.8) is 0 Å². The van der Waals surface area contributed by atoms with Crippen LogP contribution in [0.2, 0.25) is 0 Å². The van der Waals surface area contributed by atoms with Gasteiger partial charge in [0.2, 0.25) is 6.79 Å². The summed E-state index contributed by atoms with van der Waals surface area (Å²) in [7, 11) is 1.50. The van der Waals surface area contributed by atoms with Crippen LogP contribution in [0.25, 0.3) is 5.76 Å². The first-order chi connectivity index (χ1) is 18.6. The highest BCUT2D eigenvalue weighted by atomic mass is 16.7. The molecule has 1 atom stereocenters. The van der Waals surface area contributed by atoms with Gasteiger partial charge in [-0.2, -0.15) is 0 Å². The normalized spacial score (nSPS) is 18.0. The van der Waals surface area contributed by atoms with E-state index < -0.39 is 17.7 Å². The lowest BCUT2D eigenvalue weighted by Gasteiger charge is -2.26. The molecule has 1 amide bonds. The third-order valence-electron chi connectivity index (χ3n) is 6.91. The molecular formula is C31H31NO7. The number of amides is 1. The molecule has 0 spiro atoms. The molecule has 2 aliphatic heterocycles. The van der Waals surface area contributed by atoms with Gasteiger partial charge >= 0.3 is 0 Å². The number of ether oxygens (including phenoxy) is 4. The average Bonchev–Trinajstić information content (AvgIpc) is 3.49. The Morgan fingerprint density at radius 1 is 1.00 bits per heavy atom. The van der Waals surface area contributed by atoms with Crippen molar-refractivity contribution in [1.82, 2.24) is 0 Å². The molecule has 1 N–H and O–H groups in total. The molecule has 39 heavy (non-hydrogen) atoms. The maximum Gasteiger partial charge on any atom is 0.300 e. The molecule has 3 aromatic carbocycles. The Hall–Kier alpha value is -4.46. The van der Waals surface area contributed by atoms with E-state index in [-0.39, 0.29) is 23.5 Å². The molecule has 0 bridgehead atoms. The SMILES string of the molecule is CCOc1ccc(C2/C(=C(\O)c3cc(C(C)(C)C)ccc3OC)C(=O)C(=O)N2c2ccc3c(c2)OCO3)cc1. The summed E-state index contributed by atoms with van der Waals surface area (Å²) in [5.74, 6) is 0.197. The summed E-state index contributed by atoms with van der Waals surface area (Å²) in [6, 6.07) is 16.8. The second kappa shape index (κ2) is 10.0. The molecular weight excluding hydrogens is 498 g/mol. The van der Waals surface area contributed by atoms with Gasteiger partial charge in [0.25, 0.3) is 11.7 Å². The smallest absolute Gasteiger partial charge is 0.300 e. The summed E-state index contributed by atoms with van der Waals surface area (Å²) in [5.41, 5.74) is 2.08. The van der Waals surface area contributed by atoms with E-state index in [1.165, 1.54) is 12.0 Å². The molecule has 0 aliphatic carbocycles. The lowest BCUT2D eigenvalue weighted by Crippen LogP contribution is -2.29. The standard InChI is InChI=1S/C31H31NO7/c1-6-37-21-11-7-18(8-12-21)27-26(28(33)22-15-19(31(2,3)4)9-13-23(22)36-5)29(34)30(35)32(27)20-10-14-24-25(16-20)39-17-38-24/h7-16,27,33H,6,17H2,1-5H3/b28-26+. The fraction of sp³-hybridized carbons (Fsp3) is 0.290. The zero-order valence-corrected chi connectivity index (χ0v) is 22.6. The molecule has 1 fully saturated rings. The fourth-order valence-corrected chi connectivity index (χ4v) is 4.87. The maximum atomic E-state index is 13.6. The number of carbonyl (C=O) groups is 2. The molecule has 5 rings (SSSR count). The van der Waals surface area contributed by atoms with E-state index in [4.69, 9.17) is 18.9 Å². The number of anilines is 1.